The molecule has 30 heavy (non-hydrogen) atoms. The van der Waals surface area contributed by atoms with Gasteiger partial charge in [-0.1, -0.05) is 12.1 Å². The van der Waals surface area contributed by atoms with Crippen molar-refractivity contribution in [2.45, 2.75) is 33.6 Å². The SMILES string of the molecule is CCNC(=NCC1CCN(CCOC)CC1)N1CCN(c2cccc(C)c2C)CC1. The van der Waals surface area contributed by atoms with Crippen molar-refractivity contribution in [3.63, 3.8) is 0 Å². The molecule has 2 fully saturated rings. The Morgan fingerprint density at radius 2 is 1.83 bits per heavy atom. The molecule has 1 aromatic rings. The highest BCUT2D eigenvalue weighted by molar-refractivity contribution is 5.80. The van der Waals surface area contributed by atoms with Crippen LogP contribution in [0.4, 0.5) is 5.69 Å². The van der Waals surface area contributed by atoms with Gasteiger partial charge >= 0.3 is 0 Å². The Hall–Kier alpha value is -1.79. The number of aryl methyl sites for hydroxylation is 1. The molecule has 0 unspecified atom stereocenters. The number of hydrogen-bond acceptors (Lipinski definition) is 4. The van der Waals surface area contributed by atoms with Crippen LogP contribution in [0.15, 0.2) is 23.2 Å². The first-order valence-corrected chi connectivity index (χ1v) is 11.7. The third-order valence-electron chi connectivity index (χ3n) is 6.65. The number of piperidine rings is 1. The second-order valence-electron chi connectivity index (χ2n) is 8.67. The fourth-order valence-corrected chi connectivity index (χ4v) is 4.49. The van der Waals surface area contributed by atoms with Crippen molar-refractivity contribution >= 4 is 11.6 Å². The van der Waals surface area contributed by atoms with Gasteiger partial charge in [0, 0.05) is 58.6 Å². The number of anilines is 1. The molecule has 0 radical (unpaired) electrons. The Kier molecular flexibility index (Phi) is 8.82. The van der Waals surface area contributed by atoms with Crippen molar-refractivity contribution in [1.29, 1.82) is 0 Å². The lowest BCUT2D eigenvalue weighted by atomic mass is 9.97. The number of piperazine rings is 1. The first-order chi connectivity index (χ1) is 14.6. The van der Waals surface area contributed by atoms with E-state index in [1.165, 1.54) is 42.7 Å². The summed E-state index contributed by atoms with van der Waals surface area (Å²) in [6.45, 7) is 16.8. The highest BCUT2D eigenvalue weighted by Gasteiger charge is 2.22. The van der Waals surface area contributed by atoms with Gasteiger partial charge in [0.05, 0.1) is 6.61 Å². The highest BCUT2D eigenvalue weighted by atomic mass is 16.5. The van der Waals surface area contributed by atoms with Crippen molar-refractivity contribution in [3.05, 3.63) is 29.3 Å². The number of nitrogens with zero attached hydrogens (tertiary/aromatic N) is 4. The minimum absolute atomic E-state index is 0.702. The summed E-state index contributed by atoms with van der Waals surface area (Å²) in [4.78, 5) is 12.5. The van der Waals surface area contributed by atoms with E-state index in [-0.39, 0.29) is 0 Å². The summed E-state index contributed by atoms with van der Waals surface area (Å²) in [5.74, 6) is 1.80. The zero-order chi connectivity index (χ0) is 21.3. The van der Waals surface area contributed by atoms with Crippen LogP contribution < -0.4 is 10.2 Å². The summed E-state index contributed by atoms with van der Waals surface area (Å²) in [6.07, 6.45) is 2.49. The van der Waals surface area contributed by atoms with Gasteiger partial charge in [0.1, 0.15) is 0 Å². The zero-order valence-corrected chi connectivity index (χ0v) is 19.5. The summed E-state index contributed by atoms with van der Waals surface area (Å²) in [5, 5.41) is 3.53. The van der Waals surface area contributed by atoms with Gasteiger partial charge in [0.2, 0.25) is 0 Å². The van der Waals surface area contributed by atoms with Gasteiger partial charge in [-0.3, -0.25) is 4.99 Å². The molecule has 0 bridgehead atoms. The topological polar surface area (TPSA) is 43.3 Å². The maximum atomic E-state index is 5.21. The molecule has 2 heterocycles. The average Bonchev–Trinajstić information content (AvgIpc) is 2.78. The van der Waals surface area contributed by atoms with E-state index in [0.717, 1.165) is 58.4 Å². The van der Waals surface area contributed by atoms with Crippen LogP contribution in [0.5, 0.6) is 0 Å². The number of aliphatic imine (C=N–C) groups is 1. The largest absolute Gasteiger partial charge is 0.383 e. The lowest BCUT2D eigenvalue weighted by Crippen LogP contribution is -2.53. The van der Waals surface area contributed by atoms with Gasteiger partial charge in [-0.05, 0) is 69.8 Å². The predicted octanol–water partition coefficient (Wildman–Crippen LogP) is 2.75. The molecule has 6 nitrogen and oxygen atoms in total. The number of methoxy groups -OCH3 is 1. The van der Waals surface area contributed by atoms with Crippen LogP contribution in [0.1, 0.15) is 30.9 Å². The van der Waals surface area contributed by atoms with Crippen LogP contribution in [-0.4, -0.2) is 88.4 Å². The van der Waals surface area contributed by atoms with E-state index in [1.807, 2.05) is 0 Å². The zero-order valence-electron chi connectivity index (χ0n) is 19.5. The van der Waals surface area contributed by atoms with Crippen LogP contribution in [-0.2, 0) is 4.74 Å². The quantitative estimate of drug-likeness (QED) is 0.548. The van der Waals surface area contributed by atoms with E-state index in [4.69, 9.17) is 9.73 Å². The molecule has 0 atom stereocenters. The second-order valence-corrected chi connectivity index (χ2v) is 8.67. The Balaban J connectivity index is 1.51. The normalized spacial score (nSPS) is 19.4. The molecule has 0 amide bonds. The van der Waals surface area contributed by atoms with E-state index >= 15 is 0 Å². The van der Waals surface area contributed by atoms with Crippen molar-refractivity contribution < 1.29 is 4.74 Å². The number of rotatable bonds is 7. The Labute approximate surface area is 183 Å². The summed E-state index contributed by atoms with van der Waals surface area (Å²) < 4.78 is 5.21. The molecule has 168 valence electrons. The van der Waals surface area contributed by atoms with Crippen LogP contribution >= 0.6 is 0 Å². The summed E-state index contributed by atoms with van der Waals surface area (Å²) in [6, 6.07) is 6.64. The molecule has 2 aliphatic heterocycles. The van der Waals surface area contributed by atoms with Crippen LogP contribution in [0.25, 0.3) is 0 Å². The fourth-order valence-electron chi connectivity index (χ4n) is 4.49. The lowest BCUT2D eigenvalue weighted by molar-refractivity contribution is 0.121. The molecule has 1 aromatic carbocycles. The number of likely N-dealkylation sites (tertiary alicyclic amines) is 1. The minimum Gasteiger partial charge on any atom is -0.383 e. The lowest BCUT2D eigenvalue weighted by Gasteiger charge is -2.38. The molecule has 0 aromatic heterocycles. The standard InChI is InChI=1S/C24H41N5O/c1-5-25-24(26-19-22-9-11-27(12-10-22)17-18-30-4)29-15-13-28(14-16-29)23-8-6-7-20(2)21(23)3/h6-8,22H,5,9-19H2,1-4H3,(H,25,26). The van der Waals surface area contributed by atoms with E-state index < -0.39 is 0 Å². The Morgan fingerprint density at radius 1 is 1.10 bits per heavy atom. The van der Waals surface area contributed by atoms with E-state index in [9.17, 15) is 0 Å². The van der Waals surface area contributed by atoms with Gasteiger partial charge in [-0.25, -0.2) is 0 Å². The molecular weight excluding hydrogens is 374 g/mol. The number of nitrogens with one attached hydrogen (secondary N) is 1. The predicted molar refractivity (Wildman–Crippen MR) is 127 cm³/mol. The summed E-state index contributed by atoms with van der Waals surface area (Å²) >= 11 is 0. The van der Waals surface area contributed by atoms with Gasteiger partial charge in [-0.15, -0.1) is 0 Å². The molecule has 2 saturated heterocycles. The van der Waals surface area contributed by atoms with Crippen LogP contribution in [0, 0.1) is 19.8 Å². The fraction of sp³-hybridized carbons (Fsp3) is 0.708. The van der Waals surface area contributed by atoms with Gasteiger partial charge in [-0.2, -0.15) is 0 Å². The number of guanidine groups is 1. The molecule has 3 rings (SSSR count). The van der Waals surface area contributed by atoms with E-state index in [1.54, 1.807) is 7.11 Å². The maximum Gasteiger partial charge on any atom is 0.194 e. The van der Waals surface area contributed by atoms with Crippen molar-refractivity contribution in [2.75, 3.05) is 77.5 Å². The smallest absolute Gasteiger partial charge is 0.194 e. The number of benzene rings is 1. The average molecular weight is 416 g/mol. The Bertz CT molecular complexity index is 676. The highest BCUT2D eigenvalue weighted by Crippen LogP contribution is 2.24. The molecule has 0 spiro atoms. The maximum absolute atomic E-state index is 5.21. The van der Waals surface area contributed by atoms with Gasteiger partial charge < -0.3 is 24.8 Å². The van der Waals surface area contributed by atoms with Gasteiger partial charge in [0.25, 0.3) is 0 Å². The first kappa shape index (κ1) is 22.9. The number of ether oxygens (including phenoxy) is 1. The third kappa shape index (κ3) is 6.11. The van der Waals surface area contributed by atoms with Gasteiger partial charge in [0.15, 0.2) is 5.96 Å². The molecule has 0 aliphatic carbocycles. The van der Waals surface area contributed by atoms with E-state index in [2.05, 4.69) is 59.0 Å². The monoisotopic (exact) mass is 415 g/mol. The van der Waals surface area contributed by atoms with Crippen molar-refractivity contribution in [3.8, 4) is 0 Å². The minimum atomic E-state index is 0.702. The van der Waals surface area contributed by atoms with E-state index in [0.29, 0.717) is 5.92 Å². The molecule has 6 heteroatoms. The third-order valence-corrected chi connectivity index (χ3v) is 6.65. The van der Waals surface area contributed by atoms with Crippen molar-refractivity contribution in [2.24, 2.45) is 10.9 Å². The first-order valence-electron chi connectivity index (χ1n) is 11.7. The number of hydrogen-bond donors (Lipinski definition) is 1. The second kappa shape index (κ2) is 11.6. The molecule has 2 aliphatic rings. The van der Waals surface area contributed by atoms with Crippen LogP contribution in [0.3, 0.4) is 0 Å². The molecular formula is C24H41N5O. The summed E-state index contributed by atoms with van der Waals surface area (Å²) in [7, 11) is 1.78. The summed E-state index contributed by atoms with van der Waals surface area (Å²) in [5.41, 5.74) is 4.17. The Morgan fingerprint density at radius 3 is 2.50 bits per heavy atom. The van der Waals surface area contributed by atoms with Crippen molar-refractivity contribution in [1.82, 2.24) is 15.1 Å². The molecule has 1 N–H and O–H groups in total. The van der Waals surface area contributed by atoms with Crippen LogP contribution in [0.2, 0.25) is 0 Å². The molecule has 0 saturated carbocycles.